The molecule has 1 heterocycles. The van der Waals surface area contributed by atoms with Crippen LogP contribution in [0.2, 0.25) is 0 Å². The summed E-state index contributed by atoms with van der Waals surface area (Å²) in [4.78, 5) is 2.27. The van der Waals surface area contributed by atoms with Gasteiger partial charge < -0.3 is 20.3 Å². The Hall–Kier alpha value is -1.92. The van der Waals surface area contributed by atoms with Gasteiger partial charge in [0.1, 0.15) is 11.5 Å². The number of aliphatic hydroxyl groups is 2. The molecule has 2 aromatic carbocycles. The van der Waals surface area contributed by atoms with Crippen LogP contribution < -0.4 is 10.1 Å². The first-order valence-corrected chi connectivity index (χ1v) is 9.70. The molecule has 5 nitrogen and oxygen atoms in total. The van der Waals surface area contributed by atoms with Gasteiger partial charge in [-0.05, 0) is 56.1 Å². The van der Waals surface area contributed by atoms with E-state index in [1.807, 2.05) is 42.5 Å². The molecule has 3 rings (SSSR count). The Kier molecular flexibility index (Phi) is 7.24. The van der Waals surface area contributed by atoms with E-state index in [1.165, 1.54) is 5.56 Å². The number of aryl methyl sites for hydroxylation is 1. The Morgan fingerprint density at radius 1 is 1.15 bits per heavy atom. The second-order valence-electron chi connectivity index (χ2n) is 7.30. The van der Waals surface area contributed by atoms with Gasteiger partial charge in [-0.3, -0.25) is 4.90 Å². The minimum absolute atomic E-state index is 0.0150. The number of nitrogens with one attached hydrogen (secondary N) is 1. The Morgan fingerprint density at radius 2 is 1.96 bits per heavy atom. The molecule has 2 unspecified atom stereocenters. The largest absolute Gasteiger partial charge is 0.457 e. The number of likely N-dealkylation sites (tertiary alicyclic amines) is 1. The lowest BCUT2D eigenvalue weighted by Crippen LogP contribution is -2.45. The molecule has 0 aliphatic carbocycles. The first-order valence-electron chi connectivity index (χ1n) is 9.70. The van der Waals surface area contributed by atoms with Gasteiger partial charge in [0.2, 0.25) is 0 Å². The summed E-state index contributed by atoms with van der Waals surface area (Å²) >= 11 is 0. The van der Waals surface area contributed by atoms with E-state index in [0.29, 0.717) is 6.54 Å². The number of nitrogens with zero attached hydrogens (tertiary/aromatic N) is 1. The lowest BCUT2D eigenvalue weighted by atomic mass is 10.2. The maximum absolute atomic E-state index is 9.72. The van der Waals surface area contributed by atoms with E-state index in [1.54, 1.807) is 0 Å². The summed E-state index contributed by atoms with van der Waals surface area (Å²) in [6, 6.07) is 16.2. The van der Waals surface area contributed by atoms with Crippen molar-refractivity contribution in [1.82, 2.24) is 10.2 Å². The van der Waals surface area contributed by atoms with Gasteiger partial charge in [0, 0.05) is 25.2 Å². The molecular formula is C22H30N2O3. The molecule has 3 N–H and O–H groups in total. The SMILES string of the molecule is Cc1ccc(Oc2cccc(CNC(CO)CN3CCCC3CO)c2)cc1. The topological polar surface area (TPSA) is 65.0 Å². The van der Waals surface area contributed by atoms with Crippen molar-refractivity contribution in [3.8, 4) is 11.5 Å². The molecule has 1 saturated heterocycles. The van der Waals surface area contributed by atoms with Crippen molar-refractivity contribution in [1.29, 1.82) is 0 Å². The van der Waals surface area contributed by atoms with E-state index in [0.717, 1.165) is 43.0 Å². The van der Waals surface area contributed by atoms with Crippen LogP contribution in [0.3, 0.4) is 0 Å². The van der Waals surface area contributed by atoms with Crippen LogP contribution in [0.5, 0.6) is 11.5 Å². The second-order valence-corrected chi connectivity index (χ2v) is 7.30. The van der Waals surface area contributed by atoms with Crippen LogP contribution in [0.4, 0.5) is 0 Å². The molecule has 0 bridgehead atoms. The molecule has 27 heavy (non-hydrogen) atoms. The molecule has 2 atom stereocenters. The van der Waals surface area contributed by atoms with Crippen LogP contribution >= 0.6 is 0 Å². The minimum atomic E-state index is -0.0150. The van der Waals surface area contributed by atoms with Gasteiger partial charge in [-0.1, -0.05) is 29.8 Å². The van der Waals surface area contributed by atoms with Crippen molar-refractivity contribution in [2.45, 2.75) is 38.4 Å². The molecule has 1 fully saturated rings. The normalized spacial score (nSPS) is 18.6. The molecular weight excluding hydrogens is 340 g/mol. The first kappa shape index (κ1) is 19.8. The highest BCUT2D eigenvalue weighted by Crippen LogP contribution is 2.23. The summed E-state index contributed by atoms with van der Waals surface area (Å²) < 4.78 is 5.93. The predicted octanol–water partition coefficient (Wildman–Crippen LogP) is 2.69. The fourth-order valence-electron chi connectivity index (χ4n) is 3.54. The zero-order valence-electron chi connectivity index (χ0n) is 16.0. The smallest absolute Gasteiger partial charge is 0.127 e. The highest BCUT2D eigenvalue weighted by molar-refractivity contribution is 5.35. The van der Waals surface area contributed by atoms with E-state index in [2.05, 4.69) is 23.2 Å². The van der Waals surface area contributed by atoms with Gasteiger partial charge in [-0.25, -0.2) is 0 Å². The van der Waals surface area contributed by atoms with E-state index >= 15 is 0 Å². The highest BCUT2D eigenvalue weighted by atomic mass is 16.5. The number of ether oxygens (including phenoxy) is 1. The lowest BCUT2D eigenvalue weighted by molar-refractivity contribution is 0.129. The van der Waals surface area contributed by atoms with E-state index in [-0.39, 0.29) is 25.3 Å². The van der Waals surface area contributed by atoms with Crippen LogP contribution in [0.15, 0.2) is 48.5 Å². The van der Waals surface area contributed by atoms with Crippen LogP contribution in [0, 0.1) is 6.92 Å². The maximum atomic E-state index is 9.72. The monoisotopic (exact) mass is 370 g/mol. The molecule has 0 spiro atoms. The number of rotatable bonds is 9. The standard InChI is InChI=1S/C22H30N2O3/c1-17-7-9-21(10-8-17)27-22-6-2-4-18(12-22)13-23-19(15-25)14-24-11-3-5-20(24)16-26/h2,4,6-10,12,19-20,23,25-26H,3,5,11,13-16H2,1H3. The van der Waals surface area contributed by atoms with Crippen LogP contribution in [0.1, 0.15) is 24.0 Å². The Morgan fingerprint density at radius 3 is 2.70 bits per heavy atom. The van der Waals surface area contributed by atoms with Crippen LogP contribution in [-0.2, 0) is 6.54 Å². The summed E-state index contributed by atoms with van der Waals surface area (Å²) in [7, 11) is 0. The van der Waals surface area contributed by atoms with Gasteiger partial charge >= 0.3 is 0 Å². The third-order valence-electron chi connectivity index (χ3n) is 5.14. The van der Waals surface area contributed by atoms with Crippen molar-refractivity contribution in [2.75, 3.05) is 26.3 Å². The van der Waals surface area contributed by atoms with E-state index < -0.39 is 0 Å². The van der Waals surface area contributed by atoms with Crippen LogP contribution in [-0.4, -0.2) is 53.5 Å². The second kappa shape index (κ2) is 9.85. The maximum Gasteiger partial charge on any atom is 0.127 e. The molecule has 0 saturated carbocycles. The van der Waals surface area contributed by atoms with Gasteiger partial charge in [0.05, 0.1) is 13.2 Å². The Balaban J connectivity index is 1.54. The fraction of sp³-hybridized carbons (Fsp3) is 0.455. The highest BCUT2D eigenvalue weighted by Gasteiger charge is 2.25. The molecule has 146 valence electrons. The summed E-state index contributed by atoms with van der Waals surface area (Å²) in [5.41, 5.74) is 2.31. The predicted molar refractivity (Wildman–Crippen MR) is 107 cm³/mol. The molecule has 5 heteroatoms. The van der Waals surface area contributed by atoms with Crippen molar-refractivity contribution >= 4 is 0 Å². The number of benzene rings is 2. The van der Waals surface area contributed by atoms with Crippen molar-refractivity contribution in [3.63, 3.8) is 0 Å². The van der Waals surface area contributed by atoms with Gasteiger partial charge in [-0.15, -0.1) is 0 Å². The summed E-state index contributed by atoms with van der Waals surface area (Å²) in [6.45, 7) is 4.72. The van der Waals surface area contributed by atoms with Crippen LogP contribution in [0.25, 0.3) is 0 Å². The first-order chi connectivity index (χ1) is 13.2. The van der Waals surface area contributed by atoms with Crippen molar-refractivity contribution in [3.05, 3.63) is 59.7 Å². The number of hydrogen-bond acceptors (Lipinski definition) is 5. The fourth-order valence-corrected chi connectivity index (χ4v) is 3.54. The van der Waals surface area contributed by atoms with E-state index in [9.17, 15) is 10.2 Å². The lowest BCUT2D eigenvalue weighted by Gasteiger charge is -2.27. The Bertz CT molecular complexity index is 705. The third kappa shape index (κ3) is 5.78. The minimum Gasteiger partial charge on any atom is -0.457 e. The summed E-state index contributed by atoms with van der Waals surface area (Å²) in [6.07, 6.45) is 2.15. The Labute approximate surface area is 161 Å². The molecule has 0 amide bonds. The van der Waals surface area contributed by atoms with Gasteiger partial charge in [0.15, 0.2) is 0 Å². The van der Waals surface area contributed by atoms with Crippen molar-refractivity contribution < 1.29 is 14.9 Å². The molecule has 1 aliphatic rings. The molecule has 2 aromatic rings. The molecule has 0 radical (unpaired) electrons. The van der Waals surface area contributed by atoms with Gasteiger partial charge in [0.25, 0.3) is 0 Å². The number of hydrogen-bond donors (Lipinski definition) is 3. The van der Waals surface area contributed by atoms with Crippen molar-refractivity contribution in [2.24, 2.45) is 0 Å². The number of aliphatic hydroxyl groups excluding tert-OH is 2. The van der Waals surface area contributed by atoms with Gasteiger partial charge in [-0.2, -0.15) is 0 Å². The summed E-state index contributed by atoms with van der Waals surface area (Å²) in [5.74, 6) is 1.63. The average molecular weight is 370 g/mol. The molecule has 1 aliphatic heterocycles. The average Bonchev–Trinajstić information content (AvgIpc) is 3.14. The zero-order valence-corrected chi connectivity index (χ0v) is 16.0. The zero-order chi connectivity index (χ0) is 19.1. The molecule has 0 aromatic heterocycles. The third-order valence-corrected chi connectivity index (χ3v) is 5.14. The quantitative estimate of drug-likeness (QED) is 0.633. The summed E-state index contributed by atoms with van der Waals surface area (Å²) in [5, 5.41) is 22.6. The van der Waals surface area contributed by atoms with E-state index in [4.69, 9.17) is 4.74 Å².